The zero-order valence-electron chi connectivity index (χ0n) is 11.0. The van der Waals surface area contributed by atoms with E-state index in [9.17, 15) is 9.59 Å². The van der Waals surface area contributed by atoms with Gasteiger partial charge in [0, 0.05) is 0 Å². The smallest absolute Gasteiger partial charge is 0.413 e. The van der Waals surface area contributed by atoms with Crippen molar-refractivity contribution in [3.63, 3.8) is 0 Å². The van der Waals surface area contributed by atoms with E-state index in [2.05, 4.69) is 10.3 Å². The Kier molecular flexibility index (Phi) is 5.19. The van der Waals surface area contributed by atoms with Gasteiger partial charge in [0.2, 0.25) is 0 Å². The summed E-state index contributed by atoms with van der Waals surface area (Å²) in [6, 6.07) is 10.1. The number of anilines is 1. The number of rotatable bonds is 4. The molecule has 0 aliphatic heterocycles. The average Bonchev–Trinajstić information content (AvgIpc) is 2.49. The van der Waals surface area contributed by atoms with E-state index in [1.54, 1.807) is 24.3 Å². The van der Waals surface area contributed by atoms with Gasteiger partial charge in [-0.1, -0.05) is 53.5 Å². The van der Waals surface area contributed by atoms with Gasteiger partial charge < -0.3 is 9.84 Å². The summed E-state index contributed by atoms with van der Waals surface area (Å²) in [6.45, 7) is 0.0381. The number of benzene rings is 1. The van der Waals surface area contributed by atoms with Gasteiger partial charge in [0.15, 0.2) is 5.82 Å². The summed E-state index contributed by atoms with van der Waals surface area (Å²) in [6.07, 6.45) is -0.850. The van der Waals surface area contributed by atoms with Gasteiger partial charge in [0.1, 0.15) is 17.3 Å². The fourth-order valence-corrected chi connectivity index (χ4v) is 1.87. The van der Waals surface area contributed by atoms with E-state index >= 15 is 0 Å². The number of amides is 1. The van der Waals surface area contributed by atoms with E-state index in [4.69, 9.17) is 33.0 Å². The molecule has 8 heteroatoms. The molecule has 0 saturated carbocycles. The standard InChI is InChI=1S/C14H10Cl2N2O4/c15-10-6-9(13(19)20)12(17-11(10)16)18-14(21)22-7-8-4-2-1-3-5-8/h1-6H,7H2,(H,19,20)(H,17,18,21). The van der Waals surface area contributed by atoms with Gasteiger partial charge in [-0.3, -0.25) is 5.32 Å². The van der Waals surface area contributed by atoms with Crippen LogP contribution in [0.4, 0.5) is 10.6 Å². The molecule has 1 aromatic carbocycles. The van der Waals surface area contributed by atoms with Crippen LogP contribution in [0.1, 0.15) is 15.9 Å². The maximum absolute atomic E-state index is 11.7. The number of carbonyl (C=O) groups is 2. The van der Waals surface area contributed by atoms with Crippen molar-refractivity contribution in [3.05, 3.63) is 57.7 Å². The van der Waals surface area contributed by atoms with Crippen LogP contribution in [0.2, 0.25) is 10.2 Å². The van der Waals surface area contributed by atoms with Gasteiger partial charge in [0.05, 0.1) is 5.02 Å². The average molecular weight is 341 g/mol. The molecule has 1 aromatic heterocycles. The number of nitrogens with zero attached hydrogens (tertiary/aromatic N) is 1. The van der Waals surface area contributed by atoms with Crippen molar-refractivity contribution in [1.82, 2.24) is 4.98 Å². The van der Waals surface area contributed by atoms with Gasteiger partial charge in [0.25, 0.3) is 0 Å². The van der Waals surface area contributed by atoms with Crippen LogP contribution in [0, 0.1) is 0 Å². The van der Waals surface area contributed by atoms with E-state index < -0.39 is 12.1 Å². The normalized spacial score (nSPS) is 10.1. The Morgan fingerprint density at radius 3 is 2.55 bits per heavy atom. The second-order valence-electron chi connectivity index (χ2n) is 4.15. The molecule has 0 aliphatic rings. The number of carboxylic acid groups (broad SMARTS) is 1. The molecule has 0 bridgehead atoms. The second-order valence-corrected chi connectivity index (χ2v) is 4.91. The number of pyridine rings is 1. The number of aromatic nitrogens is 1. The lowest BCUT2D eigenvalue weighted by atomic mass is 10.2. The van der Waals surface area contributed by atoms with Crippen LogP contribution >= 0.6 is 23.2 Å². The summed E-state index contributed by atoms with van der Waals surface area (Å²) in [7, 11) is 0. The van der Waals surface area contributed by atoms with Crippen molar-refractivity contribution < 1.29 is 19.4 Å². The van der Waals surface area contributed by atoms with Gasteiger partial charge in [-0.15, -0.1) is 0 Å². The Labute approximate surface area is 135 Å². The topological polar surface area (TPSA) is 88.5 Å². The minimum absolute atomic E-state index is 0.0257. The fourth-order valence-electron chi connectivity index (χ4n) is 1.58. The minimum Gasteiger partial charge on any atom is -0.478 e. The first-order valence-electron chi connectivity index (χ1n) is 6.04. The Bertz CT molecular complexity index is 707. The van der Waals surface area contributed by atoms with Gasteiger partial charge in [-0.05, 0) is 11.6 Å². The molecule has 1 heterocycles. The third-order valence-corrected chi connectivity index (χ3v) is 3.27. The summed E-state index contributed by atoms with van der Waals surface area (Å²) in [5.74, 6) is -1.54. The largest absolute Gasteiger partial charge is 0.478 e. The van der Waals surface area contributed by atoms with Crippen LogP contribution in [-0.2, 0) is 11.3 Å². The summed E-state index contributed by atoms with van der Waals surface area (Å²) in [4.78, 5) is 26.6. The van der Waals surface area contributed by atoms with E-state index in [0.717, 1.165) is 11.6 Å². The number of carbonyl (C=O) groups excluding carboxylic acids is 1. The summed E-state index contributed by atoms with van der Waals surface area (Å²) >= 11 is 11.4. The Balaban J connectivity index is 2.08. The highest BCUT2D eigenvalue weighted by Crippen LogP contribution is 2.25. The lowest BCUT2D eigenvalue weighted by Gasteiger charge is -2.09. The quantitative estimate of drug-likeness (QED) is 0.825. The van der Waals surface area contributed by atoms with Crippen LogP contribution in [0.5, 0.6) is 0 Å². The third kappa shape index (κ3) is 4.09. The highest BCUT2D eigenvalue weighted by molar-refractivity contribution is 6.41. The maximum Gasteiger partial charge on any atom is 0.413 e. The van der Waals surface area contributed by atoms with Crippen molar-refractivity contribution in [2.75, 3.05) is 5.32 Å². The highest BCUT2D eigenvalue weighted by atomic mass is 35.5. The highest BCUT2D eigenvalue weighted by Gasteiger charge is 2.17. The molecule has 0 radical (unpaired) electrons. The molecule has 0 fully saturated rings. The molecule has 0 spiro atoms. The molecule has 2 aromatic rings. The maximum atomic E-state index is 11.7. The molecular formula is C14H10Cl2N2O4. The van der Waals surface area contributed by atoms with Crippen molar-refractivity contribution in [2.24, 2.45) is 0 Å². The first-order chi connectivity index (χ1) is 10.5. The summed E-state index contributed by atoms with van der Waals surface area (Å²) in [5.41, 5.74) is 0.504. The van der Waals surface area contributed by atoms with Crippen molar-refractivity contribution in [3.8, 4) is 0 Å². The third-order valence-electron chi connectivity index (χ3n) is 2.60. The van der Waals surface area contributed by atoms with Crippen molar-refractivity contribution in [1.29, 1.82) is 0 Å². The van der Waals surface area contributed by atoms with Crippen LogP contribution in [0.15, 0.2) is 36.4 Å². The molecule has 0 saturated heterocycles. The number of nitrogens with one attached hydrogen (secondary N) is 1. The van der Waals surface area contributed by atoms with Gasteiger partial charge in [-0.25, -0.2) is 14.6 Å². The zero-order chi connectivity index (χ0) is 16.1. The van der Waals surface area contributed by atoms with Crippen LogP contribution in [0.25, 0.3) is 0 Å². The number of halogens is 2. The molecule has 2 N–H and O–H groups in total. The van der Waals surface area contributed by atoms with E-state index in [-0.39, 0.29) is 28.2 Å². The van der Waals surface area contributed by atoms with Crippen LogP contribution in [0.3, 0.4) is 0 Å². The number of hydrogen-bond acceptors (Lipinski definition) is 4. The molecule has 0 atom stereocenters. The number of hydrogen-bond donors (Lipinski definition) is 2. The molecule has 2 rings (SSSR count). The molecule has 22 heavy (non-hydrogen) atoms. The minimum atomic E-state index is -1.30. The van der Waals surface area contributed by atoms with Crippen molar-refractivity contribution >= 4 is 41.1 Å². The molecule has 0 unspecified atom stereocenters. The fraction of sp³-hybridized carbons (Fsp3) is 0.0714. The van der Waals surface area contributed by atoms with Gasteiger partial charge in [-0.2, -0.15) is 0 Å². The number of ether oxygens (including phenoxy) is 1. The monoisotopic (exact) mass is 340 g/mol. The first kappa shape index (κ1) is 16.1. The molecule has 6 nitrogen and oxygen atoms in total. The first-order valence-corrected chi connectivity index (χ1v) is 6.80. The number of carboxylic acids is 1. The molecular weight excluding hydrogens is 331 g/mol. The second kappa shape index (κ2) is 7.11. The predicted molar refractivity (Wildman–Crippen MR) is 81.5 cm³/mol. The van der Waals surface area contributed by atoms with Crippen LogP contribution < -0.4 is 5.32 Å². The summed E-state index contributed by atoms with van der Waals surface area (Å²) in [5, 5.41) is 11.2. The van der Waals surface area contributed by atoms with Crippen molar-refractivity contribution in [2.45, 2.75) is 6.61 Å². The van der Waals surface area contributed by atoms with E-state index in [0.29, 0.717) is 0 Å². The predicted octanol–water partition coefficient (Wildman–Crippen LogP) is 3.84. The Morgan fingerprint density at radius 1 is 1.23 bits per heavy atom. The van der Waals surface area contributed by atoms with E-state index in [1.165, 1.54) is 0 Å². The summed E-state index contributed by atoms with van der Waals surface area (Å²) < 4.78 is 4.98. The molecule has 114 valence electrons. The zero-order valence-corrected chi connectivity index (χ0v) is 12.6. The molecule has 1 amide bonds. The number of aromatic carboxylic acids is 1. The van der Waals surface area contributed by atoms with E-state index in [1.807, 2.05) is 6.07 Å². The Morgan fingerprint density at radius 2 is 1.91 bits per heavy atom. The van der Waals surface area contributed by atoms with Crippen LogP contribution in [-0.4, -0.2) is 22.2 Å². The SMILES string of the molecule is O=C(Nc1nc(Cl)c(Cl)cc1C(=O)O)OCc1ccccc1. The Hall–Kier alpha value is -2.31. The lowest BCUT2D eigenvalue weighted by molar-refractivity contribution is 0.0697. The van der Waals surface area contributed by atoms with Gasteiger partial charge >= 0.3 is 12.1 Å². The lowest BCUT2D eigenvalue weighted by Crippen LogP contribution is -2.17. The molecule has 0 aliphatic carbocycles.